The Labute approximate surface area is 830 Å². The van der Waals surface area contributed by atoms with Crippen molar-refractivity contribution in [2.75, 3.05) is 26.2 Å². The SMILES string of the molecule is CCn1cc(-c2ccc3c(c2)CC(C)N(CC(C)(C)F)C3c2c(F)cc(/C=C/C(=O)O)cc2F)cn1.CCn1cc(-c2ccc3c(c2)C[C@@H](C)N(CC(C)(C)F)[C@@H]3c2c(F)cc(/C=C/C(=O)O)cc2F)cn1.CCn1cc(-c2ccc3c(c2)C[C@@H](C)N(CC(C)(C)F)[C@@H]3c2c(F)cc(/C=C/C(=O)O)cc2F)cn1.CCn1cc(-c2ccc3c(c2)C[C@H](C)N(CC(C)(C)F)[C@H]3c2c(F)cc(/C=C/C(=O)O)cc2F)cn1. The van der Waals surface area contributed by atoms with Crippen molar-refractivity contribution in [3.05, 3.63) is 331 Å². The summed E-state index contributed by atoms with van der Waals surface area (Å²) in [5, 5.41) is 52.7. The lowest BCUT2D eigenvalue weighted by Gasteiger charge is -2.44. The summed E-state index contributed by atoms with van der Waals surface area (Å²) < 4.78 is 191. The first-order chi connectivity index (χ1) is 67.9. The second kappa shape index (κ2) is 44.8. The zero-order chi connectivity index (χ0) is 105. The number of fused-ring (bicyclic) bond motifs is 4. The van der Waals surface area contributed by atoms with Gasteiger partial charge in [-0.1, -0.05) is 72.8 Å². The van der Waals surface area contributed by atoms with Crippen LogP contribution in [0.25, 0.3) is 68.8 Å². The number of carboxylic acid groups (broad SMARTS) is 4. The molecule has 0 fully saturated rings. The largest absolute Gasteiger partial charge is 0.478 e. The predicted molar refractivity (Wildman–Crippen MR) is 533 cm³/mol. The molecule has 0 amide bonds. The minimum atomic E-state index is -1.59. The zero-order valence-electron chi connectivity index (χ0n) is 83.2. The number of carbonyl (C=O) groups is 4. The van der Waals surface area contributed by atoms with Crippen LogP contribution < -0.4 is 0 Å². The summed E-state index contributed by atoms with van der Waals surface area (Å²) in [6.45, 7) is 30.3. The predicted octanol–water partition coefficient (Wildman–Crippen LogP) is 24.1. The maximum atomic E-state index is 15.5. The van der Waals surface area contributed by atoms with Gasteiger partial charge in [-0.05, 0) is 298 Å². The van der Waals surface area contributed by atoms with E-state index in [2.05, 4.69) is 20.4 Å². The van der Waals surface area contributed by atoms with Crippen molar-refractivity contribution in [2.24, 2.45) is 0 Å². The molecule has 32 heteroatoms. The van der Waals surface area contributed by atoms with Gasteiger partial charge in [-0.25, -0.2) is 71.9 Å². The molecule has 4 N–H and O–H groups in total. The van der Waals surface area contributed by atoms with Gasteiger partial charge >= 0.3 is 23.9 Å². The van der Waals surface area contributed by atoms with Gasteiger partial charge in [-0.15, -0.1) is 0 Å². The van der Waals surface area contributed by atoms with Crippen LogP contribution >= 0.6 is 0 Å². The van der Waals surface area contributed by atoms with Gasteiger partial charge in [0.05, 0.1) is 49.0 Å². The van der Waals surface area contributed by atoms with Crippen molar-refractivity contribution in [3.63, 3.8) is 0 Å². The minimum absolute atomic E-state index is 0.0111. The number of nitrogens with zero attached hydrogens (tertiary/aromatic N) is 12. The molecule has 0 saturated carbocycles. The molecule has 4 aromatic heterocycles. The van der Waals surface area contributed by atoms with Gasteiger partial charge < -0.3 is 20.4 Å². The monoisotopic (exact) mass is 1990 g/mol. The first kappa shape index (κ1) is 108. The smallest absolute Gasteiger partial charge is 0.328 e. The lowest BCUT2D eigenvalue weighted by molar-refractivity contribution is -0.132. The number of alkyl halides is 4. The molecule has 12 aromatic rings. The Morgan fingerprint density at radius 2 is 0.472 bits per heavy atom. The van der Waals surface area contributed by atoms with Crippen LogP contribution in [0.5, 0.6) is 0 Å². The number of rotatable bonds is 28. The summed E-state index contributed by atoms with van der Waals surface area (Å²) in [5.74, 6) is -11.3. The Hall–Kier alpha value is -13.6. The van der Waals surface area contributed by atoms with Crippen molar-refractivity contribution in [1.29, 1.82) is 0 Å². The van der Waals surface area contributed by atoms with Crippen LogP contribution in [0.2, 0.25) is 0 Å². The van der Waals surface area contributed by atoms with Crippen LogP contribution in [-0.2, 0) is 71.0 Å². The van der Waals surface area contributed by atoms with E-state index >= 15 is 35.1 Å². The third-order valence-corrected chi connectivity index (χ3v) is 26.0. The fourth-order valence-electron chi connectivity index (χ4n) is 19.7. The maximum absolute atomic E-state index is 15.5. The van der Waals surface area contributed by atoms with Crippen molar-refractivity contribution < 1.29 is 92.3 Å². The summed E-state index contributed by atoms with van der Waals surface area (Å²) in [7, 11) is 0. The van der Waals surface area contributed by atoms with E-state index in [0.29, 0.717) is 25.7 Å². The molecular weight excluding hydrogens is 1870 g/mol. The molecule has 0 spiro atoms. The molecule has 20 nitrogen and oxygen atoms in total. The van der Waals surface area contributed by atoms with Gasteiger partial charge in [0.25, 0.3) is 0 Å². The molecule has 8 heterocycles. The normalized spacial score (nSPS) is 18.5. The Morgan fingerprint density at radius 1 is 0.299 bits per heavy atom. The average molecular weight is 1990 g/mol. The van der Waals surface area contributed by atoms with Crippen LogP contribution in [0.15, 0.2) is 195 Å². The third kappa shape index (κ3) is 26.1. The van der Waals surface area contributed by atoms with E-state index in [0.717, 1.165) is 212 Å². The highest BCUT2D eigenvalue weighted by Gasteiger charge is 2.45. The fourth-order valence-corrected chi connectivity index (χ4v) is 19.7. The molecule has 8 aromatic carbocycles. The molecular formula is C112H120F12N12O8. The van der Waals surface area contributed by atoms with E-state index in [1.165, 1.54) is 55.4 Å². The van der Waals surface area contributed by atoms with E-state index in [9.17, 15) is 36.7 Å². The number of hydrogen-bond acceptors (Lipinski definition) is 12. The Bertz CT molecular complexity index is 5950. The van der Waals surface area contributed by atoms with E-state index in [-0.39, 0.29) is 94.9 Å². The molecule has 4 aliphatic heterocycles. The molecule has 0 radical (unpaired) electrons. The van der Waals surface area contributed by atoms with Crippen molar-refractivity contribution in [3.8, 4) is 44.5 Å². The zero-order valence-corrected chi connectivity index (χ0v) is 83.2. The van der Waals surface area contributed by atoms with Crippen molar-refractivity contribution >= 4 is 48.2 Å². The summed E-state index contributed by atoms with van der Waals surface area (Å²) in [6.07, 6.45) is 25.2. The van der Waals surface area contributed by atoms with Crippen LogP contribution in [0, 0.1) is 46.5 Å². The number of aryl methyl sites for hydroxylation is 4. The summed E-state index contributed by atoms with van der Waals surface area (Å²) in [6, 6.07) is 27.9. The highest BCUT2D eigenvalue weighted by atomic mass is 19.2. The van der Waals surface area contributed by atoms with Gasteiger partial charge in [0.2, 0.25) is 0 Å². The van der Waals surface area contributed by atoms with E-state index in [1.54, 1.807) is 24.8 Å². The molecule has 760 valence electrons. The second-order valence-corrected chi connectivity index (χ2v) is 39.7. The summed E-state index contributed by atoms with van der Waals surface area (Å²) >= 11 is 0. The standard InChI is InChI=1S/4C28H30F3N3O2/c4*1-5-33-15-21(14-32-33)19-7-8-22-20(13-19)10-17(2)34(16-28(3,4)31)27(22)26-23(29)11-18(12-24(26)30)6-9-25(35)36/h4*6-9,11-15,17,27H,5,10,16H2,1-4H3,(H,35,36)/b4*9-6+/t3*17-,27+;/m110./s1. The maximum Gasteiger partial charge on any atom is 0.328 e. The summed E-state index contributed by atoms with van der Waals surface area (Å²) in [4.78, 5) is 50.6. The lowest BCUT2D eigenvalue weighted by Crippen LogP contribution is -2.48. The average Bonchev–Trinajstić information content (AvgIpc) is 0.792. The molecule has 0 aliphatic carbocycles. The van der Waals surface area contributed by atoms with E-state index in [1.807, 2.05) is 191 Å². The second-order valence-electron chi connectivity index (χ2n) is 39.7. The first-order valence-corrected chi connectivity index (χ1v) is 47.9. The number of benzene rings is 8. The number of carboxylic acids is 4. The summed E-state index contributed by atoms with van der Waals surface area (Å²) in [5.41, 5.74) is 7.58. The van der Waals surface area contributed by atoms with Crippen LogP contribution in [0.1, 0.15) is 224 Å². The quantitative estimate of drug-likeness (QED) is 0.0264. The van der Waals surface area contributed by atoms with Gasteiger partial charge in [-0.2, -0.15) is 20.4 Å². The van der Waals surface area contributed by atoms with Gasteiger partial charge in [0.1, 0.15) is 69.2 Å². The topological polar surface area (TPSA) is 233 Å². The van der Waals surface area contributed by atoms with Crippen molar-refractivity contribution in [1.82, 2.24) is 58.7 Å². The Balaban J connectivity index is 0.000000161. The lowest BCUT2D eigenvalue weighted by atomic mass is 9.82. The van der Waals surface area contributed by atoms with Gasteiger partial charge in [-0.3, -0.25) is 38.3 Å². The molecule has 2 unspecified atom stereocenters. The Kier molecular flexibility index (Phi) is 33.5. The molecule has 16 rings (SSSR count). The van der Waals surface area contributed by atoms with Crippen LogP contribution in [-0.4, -0.2) is 176 Å². The molecule has 0 bridgehead atoms. The number of halogens is 12. The number of aliphatic carboxylic acids is 4. The molecule has 144 heavy (non-hydrogen) atoms. The van der Waals surface area contributed by atoms with Crippen LogP contribution in [0.4, 0.5) is 52.7 Å². The number of aromatic nitrogens is 8. The van der Waals surface area contributed by atoms with E-state index < -0.39 is 117 Å². The van der Waals surface area contributed by atoms with Crippen molar-refractivity contribution in [2.45, 2.75) is 234 Å². The molecule has 0 saturated heterocycles. The first-order valence-electron chi connectivity index (χ1n) is 47.9. The fraction of sp³-hybridized carbons (Fsp3) is 0.357. The minimum Gasteiger partial charge on any atom is -0.478 e. The van der Waals surface area contributed by atoms with Gasteiger partial charge in [0.15, 0.2) is 0 Å². The van der Waals surface area contributed by atoms with Crippen LogP contribution in [0.3, 0.4) is 0 Å². The highest BCUT2D eigenvalue weighted by molar-refractivity contribution is 5.87. The van der Waals surface area contributed by atoms with Gasteiger partial charge in [0, 0.05) is 170 Å². The Morgan fingerprint density at radius 3 is 0.618 bits per heavy atom. The molecule has 4 aliphatic rings. The molecule has 8 atom stereocenters. The van der Waals surface area contributed by atoms with E-state index in [4.69, 9.17) is 20.4 Å². The third-order valence-electron chi connectivity index (χ3n) is 26.0. The number of hydrogen-bond donors (Lipinski definition) is 4. The highest BCUT2D eigenvalue weighted by Crippen LogP contribution is 2.49.